The van der Waals surface area contributed by atoms with Crippen LogP contribution in [0.15, 0.2) is 12.2 Å². The average Bonchev–Trinajstić information content (AvgIpc) is 2.61. The molecule has 0 aromatic rings. The molecule has 90 valence electrons. The summed E-state index contributed by atoms with van der Waals surface area (Å²) in [4.78, 5) is 0. The van der Waals surface area contributed by atoms with Crippen LogP contribution in [0, 0.1) is 17.3 Å². The number of allylic oxidation sites excluding steroid dienone is 1. The van der Waals surface area contributed by atoms with Crippen LogP contribution in [-0.4, -0.2) is 12.6 Å². The predicted molar refractivity (Wildman–Crippen MR) is 68.3 cm³/mol. The van der Waals surface area contributed by atoms with Gasteiger partial charge in [0.25, 0.3) is 0 Å². The van der Waals surface area contributed by atoms with E-state index in [0.29, 0.717) is 5.41 Å². The Morgan fingerprint density at radius 1 is 1.25 bits per heavy atom. The van der Waals surface area contributed by atoms with E-state index >= 15 is 0 Å². The fraction of sp³-hybridized carbons (Fsp3) is 0.867. The van der Waals surface area contributed by atoms with Gasteiger partial charge in [0.05, 0.1) is 0 Å². The highest BCUT2D eigenvalue weighted by Gasteiger charge is 2.41. The topological polar surface area (TPSA) is 12.0 Å². The summed E-state index contributed by atoms with van der Waals surface area (Å²) in [6.45, 7) is 3.74. The Morgan fingerprint density at radius 2 is 2.06 bits per heavy atom. The van der Waals surface area contributed by atoms with Crippen molar-refractivity contribution >= 4 is 0 Å². The van der Waals surface area contributed by atoms with Gasteiger partial charge in [-0.15, -0.1) is 0 Å². The van der Waals surface area contributed by atoms with Crippen LogP contribution < -0.4 is 5.32 Å². The highest BCUT2D eigenvalue weighted by Crippen LogP contribution is 2.43. The van der Waals surface area contributed by atoms with Crippen LogP contribution in [0.1, 0.15) is 51.9 Å². The van der Waals surface area contributed by atoms with Crippen molar-refractivity contribution in [3.05, 3.63) is 12.2 Å². The van der Waals surface area contributed by atoms with E-state index in [-0.39, 0.29) is 0 Å². The number of nitrogens with one attached hydrogen (secondary N) is 1. The molecule has 1 N–H and O–H groups in total. The lowest BCUT2D eigenvalue weighted by Crippen LogP contribution is -2.51. The van der Waals surface area contributed by atoms with Crippen molar-refractivity contribution < 1.29 is 0 Å². The van der Waals surface area contributed by atoms with Crippen LogP contribution in [-0.2, 0) is 0 Å². The minimum absolute atomic E-state index is 0.603. The number of hydrogen-bond donors (Lipinski definition) is 1. The summed E-state index contributed by atoms with van der Waals surface area (Å²) >= 11 is 0. The van der Waals surface area contributed by atoms with E-state index in [1.165, 1.54) is 51.5 Å². The van der Waals surface area contributed by atoms with Gasteiger partial charge in [0.1, 0.15) is 0 Å². The van der Waals surface area contributed by atoms with Crippen molar-refractivity contribution in [3.8, 4) is 0 Å². The summed E-state index contributed by atoms with van der Waals surface area (Å²) in [7, 11) is 0. The van der Waals surface area contributed by atoms with Crippen molar-refractivity contribution in [2.75, 3.05) is 6.54 Å². The molecule has 3 rings (SSSR count). The SMILES string of the molecule is CC1(CNC2CC3CC=CC32)CCCCC1. The lowest BCUT2D eigenvalue weighted by Gasteiger charge is -2.43. The van der Waals surface area contributed by atoms with Gasteiger partial charge < -0.3 is 5.32 Å². The molecule has 0 aliphatic heterocycles. The maximum Gasteiger partial charge on any atom is 0.0136 e. The molecule has 3 unspecified atom stereocenters. The largest absolute Gasteiger partial charge is 0.313 e. The molecule has 0 aromatic carbocycles. The molecule has 3 aliphatic rings. The Labute approximate surface area is 99.7 Å². The molecule has 1 heteroatoms. The van der Waals surface area contributed by atoms with Gasteiger partial charge in [-0.3, -0.25) is 0 Å². The molecule has 0 aromatic heterocycles. The summed E-state index contributed by atoms with van der Waals surface area (Å²) < 4.78 is 0. The number of fused-ring (bicyclic) bond motifs is 1. The normalized spacial score (nSPS) is 40.4. The maximum atomic E-state index is 3.85. The van der Waals surface area contributed by atoms with Gasteiger partial charge in [-0.1, -0.05) is 38.3 Å². The van der Waals surface area contributed by atoms with Crippen LogP contribution in [0.2, 0.25) is 0 Å². The molecule has 2 fully saturated rings. The second-order valence-corrected chi connectivity index (χ2v) is 6.60. The highest BCUT2D eigenvalue weighted by molar-refractivity contribution is 5.13. The van der Waals surface area contributed by atoms with E-state index in [9.17, 15) is 0 Å². The van der Waals surface area contributed by atoms with Crippen LogP contribution in [0.25, 0.3) is 0 Å². The van der Waals surface area contributed by atoms with Gasteiger partial charge in [0.15, 0.2) is 0 Å². The van der Waals surface area contributed by atoms with Crippen LogP contribution >= 0.6 is 0 Å². The standard InChI is InChI=1S/C15H25N/c1-15(8-3-2-4-9-15)11-16-14-10-12-6-5-7-13(12)14/h5,7,12-14,16H,2-4,6,8-11H2,1H3. The van der Waals surface area contributed by atoms with Gasteiger partial charge in [-0.2, -0.15) is 0 Å². The van der Waals surface area contributed by atoms with Crippen molar-refractivity contribution in [1.82, 2.24) is 5.32 Å². The van der Waals surface area contributed by atoms with Gasteiger partial charge >= 0.3 is 0 Å². The Balaban J connectivity index is 1.47. The fourth-order valence-electron chi connectivity index (χ4n) is 3.91. The van der Waals surface area contributed by atoms with E-state index < -0.39 is 0 Å². The highest BCUT2D eigenvalue weighted by atomic mass is 15.0. The van der Waals surface area contributed by atoms with Crippen LogP contribution in [0.4, 0.5) is 0 Å². The summed E-state index contributed by atoms with van der Waals surface area (Å²) in [5, 5.41) is 3.85. The van der Waals surface area contributed by atoms with Crippen molar-refractivity contribution in [2.24, 2.45) is 17.3 Å². The zero-order chi connectivity index (χ0) is 11.0. The first-order valence-electron chi connectivity index (χ1n) is 7.17. The monoisotopic (exact) mass is 219 g/mol. The Morgan fingerprint density at radius 3 is 2.81 bits per heavy atom. The molecule has 0 saturated heterocycles. The summed E-state index contributed by atoms with van der Waals surface area (Å²) in [5.74, 6) is 1.88. The van der Waals surface area contributed by atoms with Crippen molar-refractivity contribution in [1.29, 1.82) is 0 Å². The Kier molecular flexibility index (Phi) is 2.83. The summed E-state index contributed by atoms with van der Waals surface area (Å²) in [6, 6.07) is 0.808. The van der Waals surface area contributed by atoms with Crippen molar-refractivity contribution in [3.63, 3.8) is 0 Å². The summed E-state index contributed by atoms with van der Waals surface area (Å²) in [5.41, 5.74) is 0.603. The van der Waals surface area contributed by atoms with Gasteiger partial charge in [-0.25, -0.2) is 0 Å². The first-order chi connectivity index (χ1) is 7.77. The van der Waals surface area contributed by atoms with E-state index in [1.807, 2.05) is 0 Å². The van der Waals surface area contributed by atoms with Gasteiger partial charge in [0, 0.05) is 12.6 Å². The van der Waals surface area contributed by atoms with Crippen LogP contribution in [0.5, 0.6) is 0 Å². The molecule has 2 saturated carbocycles. The minimum atomic E-state index is 0.603. The third-order valence-electron chi connectivity index (χ3n) is 5.21. The quantitative estimate of drug-likeness (QED) is 0.716. The van der Waals surface area contributed by atoms with Gasteiger partial charge in [-0.05, 0) is 42.9 Å². The molecule has 0 amide bonds. The molecule has 0 bridgehead atoms. The Bertz CT molecular complexity index is 275. The van der Waals surface area contributed by atoms with Crippen molar-refractivity contribution in [2.45, 2.75) is 57.9 Å². The van der Waals surface area contributed by atoms with Gasteiger partial charge in [0.2, 0.25) is 0 Å². The zero-order valence-corrected chi connectivity index (χ0v) is 10.5. The van der Waals surface area contributed by atoms with E-state index in [0.717, 1.165) is 17.9 Å². The molecule has 1 nitrogen and oxygen atoms in total. The number of hydrogen-bond acceptors (Lipinski definition) is 1. The molecular weight excluding hydrogens is 194 g/mol. The third-order valence-corrected chi connectivity index (χ3v) is 5.21. The summed E-state index contributed by atoms with van der Waals surface area (Å²) in [6.07, 6.45) is 14.9. The number of rotatable bonds is 3. The molecule has 3 atom stereocenters. The van der Waals surface area contributed by atoms with E-state index in [4.69, 9.17) is 0 Å². The molecule has 0 heterocycles. The third kappa shape index (κ3) is 1.95. The molecule has 16 heavy (non-hydrogen) atoms. The lowest BCUT2D eigenvalue weighted by atomic mass is 9.70. The molecular formula is C15H25N. The molecule has 0 radical (unpaired) electrons. The second kappa shape index (κ2) is 4.18. The van der Waals surface area contributed by atoms with E-state index in [1.54, 1.807) is 0 Å². The first-order valence-corrected chi connectivity index (χ1v) is 7.17. The smallest absolute Gasteiger partial charge is 0.0136 e. The Hall–Kier alpha value is -0.300. The first kappa shape index (κ1) is 10.8. The molecule has 3 aliphatic carbocycles. The maximum absolute atomic E-state index is 3.85. The second-order valence-electron chi connectivity index (χ2n) is 6.60. The predicted octanol–water partition coefficient (Wildman–Crippen LogP) is 3.51. The molecule has 0 spiro atoms. The van der Waals surface area contributed by atoms with E-state index in [2.05, 4.69) is 24.4 Å². The lowest BCUT2D eigenvalue weighted by molar-refractivity contribution is 0.128. The fourth-order valence-corrected chi connectivity index (χ4v) is 3.91. The van der Waals surface area contributed by atoms with Crippen LogP contribution in [0.3, 0.4) is 0 Å². The zero-order valence-electron chi connectivity index (χ0n) is 10.5. The minimum Gasteiger partial charge on any atom is -0.313 e. The average molecular weight is 219 g/mol.